The number of rotatable bonds is 1. The molecule has 0 radical (unpaired) electrons. The SMILES string of the molecule is COC(=O)C1=C(C)[C@@]2(C)C[C@]3(OC2=C(C)C1=O)[C@@H](C)CC[C@H]1C(C)(C)[C@H](O)CC[C@@]13C. The average Bonchev–Trinajstić information content (AvgIpc) is 3.04. The second-order valence-corrected chi connectivity index (χ2v) is 11.6. The molecule has 0 unspecified atom stereocenters. The molecule has 0 amide bonds. The summed E-state index contributed by atoms with van der Waals surface area (Å²) in [4.78, 5) is 25.7. The van der Waals surface area contributed by atoms with Crippen LogP contribution in [0, 0.1) is 28.1 Å². The van der Waals surface area contributed by atoms with E-state index in [0.717, 1.165) is 43.4 Å². The van der Waals surface area contributed by atoms with Gasteiger partial charge in [-0.3, -0.25) is 4.79 Å². The Morgan fingerprint density at radius 1 is 1.13 bits per heavy atom. The number of carbonyl (C=O) groups is 2. The quantitative estimate of drug-likeness (QED) is 0.481. The van der Waals surface area contributed by atoms with Crippen molar-refractivity contribution < 1.29 is 24.2 Å². The highest BCUT2D eigenvalue weighted by Gasteiger charge is 2.70. The van der Waals surface area contributed by atoms with Gasteiger partial charge in [0.15, 0.2) is 5.78 Å². The summed E-state index contributed by atoms with van der Waals surface area (Å²) in [6.07, 6.45) is 4.18. The highest BCUT2D eigenvalue weighted by Crippen LogP contribution is 2.71. The maximum atomic E-state index is 13.2. The van der Waals surface area contributed by atoms with E-state index < -0.39 is 17.0 Å². The lowest BCUT2D eigenvalue weighted by Gasteiger charge is -2.64. The number of Topliss-reactive ketones (excluding diaryl/α,β-unsaturated/α-hetero) is 1. The zero-order valence-electron chi connectivity index (χ0n) is 20.3. The van der Waals surface area contributed by atoms with E-state index in [1.807, 2.05) is 6.92 Å². The van der Waals surface area contributed by atoms with Crippen LogP contribution in [-0.4, -0.2) is 35.7 Å². The first-order valence-electron chi connectivity index (χ1n) is 11.7. The Morgan fingerprint density at radius 2 is 1.77 bits per heavy atom. The second kappa shape index (κ2) is 6.69. The van der Waals surface area contributed by atoms with Crippen LogP contribution in [0.4, 0.5) is 0 Å². The van der Waals surface area contributed by atoms with Gasteiger partial charge in [-0.15, -0.1) is 0 Å². The molecule has 0 aromatic heterocycles. The molecule has 3 fully saturated rings. The van der Waals surface area contributed by atoms with Crippen molar-refractivity contribution in [2.75, 3.05) is 7.11 Å². The Labute approximate surface area is 186 Å². The number of allylic oxidation sites excluding steroid dienone is 2. The molecule has 2 saturated carbocycles. The van der Waals surface area contributed by atoms with E-state index in [2.05, 4.69) is 34.6 Å². The van der Waals surface area contributed by atoms with Gasteiger partial charge >= 0.3 is 5.97 Å². The Morgan fingerprint density at radius 3 is 2.39 bits per heavy atom. The summed E-state index contributed by atoms with van der Waals surface area (Å²) in [6.45, 7) is 14.8. The Hall–Kier alpha value is -1.62. The molecule has 3 aliphatic carbocycles. The summed E-state index contributed by atoms with van der Waals surface area (Å²) in [5.41, 5.74) is 0.173. The summed E-state index contributed by atoms with van der Waals surface area (Å²) in [5.74, 6) is 0.529. The fourth-order valence-electron chi connectivity index (χ4n) is 7.85. The predicted molar refractivity (Wildman–Crippen MR) is 118 cm³/mol. The minimum atomic E-state index is -0.564. The monoisotopic (exact) mass is 430 g/mol. The summed E-state index contributed by atoms with van der Waals surface area (Å²) in [7, 11) is 1.32. The topological polar surface area (TPSA) is 72.8 Å². The van der Waals surface area contributed by atoms with Gasteiger partial charge in [-0.05, 0) is 69.3 Å². The summed E-state index contributed by atoms with van der Waals surface area (Å²) in [5, 5.41) is 10.8. The van der Waals surface area contributed by atoms with E-state index in [1.54, 1.807) is 6.92 Å². The Balaban J connectivity index is 1.89. The lowest BCUT2D eigenvalue weighted by molar-refractivity contribution is -0.225. The number of aliphatic hydroxyl groups excluding tert-OH is 1. The molecule has 0 bridgehead atoms. The molecule has 1 spiro atoms. The first-order chi connectivity index (χ1) is 14.3. The van der Waals surface area contributed by atoms with Gasteiger partial charge in [-0.2, -0.15) is 0 Å². The third-order valence-corrected chi connectivity index (χ3v) is 10.0. The molecule has 4 rings (SSSR count). The van der Waals surface area contributed by atoms with Gasteiger partial charge in [0.1, 0.15) is 16.9 Å². The molecule has 5 nitrogen and oxygen atoms in total. The molecule has 1 N–H and O–H groups in total. The van der Waals surface area contributed by atoms with Crippen LogP contribution in [0.25, 0.3) is 0 Å². The Kier molecular flexibility index (Phi) is 4.87. The van der Waals surface area contributed by atoms with Crippen LogP contribution < -0.4 is 0 Å². The predicted octanol–water partition coefficient (Wildman–Crippen LogP) is 4.73. The molecule has 1 saturated heterocycles. The lowest BCUT2D eigenvalue weighted by atomic mass is 9.43. The smallest absolute Gasteiger partial charge is 0.341 e. The molecular weight excluding hydrogens is 392 g/mol. The molecule has 0 aromatic rings. The van der Waals surface area contributed by atoms with Crippen molar-refractivity contribution in [1.82, 2.24) is 0 Å². The number of ether oxygens (including phenoxy) is 2. The van der Waals surface area contributed by atoms with Crippen molar-refractivity contribution in [3.63, 3.8) is 0 Å². The third-order valence-electron chi connectivity index (χ3n) is 10.0. The first kappa shape index (κ1) is 22.6. The number of carbonyl (C=O) groups excluding carboxylic acids is 2. The van der Waals surface area contributed by atoms with E-state index in [0.29, 0.717) is 17.4 Å². The van der Waals surface area contributed by atoms with Crippen molar-refractivity contribution >= 4 is 11.8 Å². The number of ketones is 1. The zero-order valence-corrected chi connectivity index (χ0v) is 20.3. The highest BCUT2D eigenvalue weighted by molar-refractivity contribution is 6.25. The van der Waals surface area contributed by atoms with E-state index in [-0.39, 0.29) is 28.3 Å². The van der Waals surface area contributed by atoms with Crippen LogP contribution in [0.3, 0.4) is 0 Å². The summed E-state index contributed by atoms with van der Waals surface area (Å²) in [6, 6.07) is 0. The van der Waals surface area contributed by atoms with E-state index in [9.17, 15) is 14.7 Å². The fourth-order valence-corrected chi connectivity index (χ4v) is 7.85. The lowest BCUT2D eigenvalue weighted by Crippen LogP contribution is -2.64. The number of esters is 1. The van der Waals surface area contributed by atoms with Gasteiger partial charge < -0.3 is 14.6 Å². The molecular formula is C26H38O5. The average molecular weight is 431 g/mol. The molecule has 4 aliphatic rings. The van der Waals surface area contributed by atoms with Crippen LogP contribution in [0.5, 0.6) is 0 Å². The number of fused-ring (bicyclic) bond motifs is 3. The molecule has 1 aliphatic heterocycles. The number of methoxy groups -OCH3 is 1. The second-order valence-electron chi connectivity index (χ2n) is 11.6. The standard InChI is InChI=1S/C26H38O5/c1-14-9-10-17-23(4,5)18(27)11-12-25(17,7)26(14)13-24(6)16(3)19(22(29)30-8)20(28)15(2)21(24)31-26/h14,17-18,27H,9-13H2,1-8H3/t14-,17-,18+,24+,25-,26-/m0/s1. The van der Waals surface area contributed by atoms with Crippen molar-refractivity contribution in [2.45, 2.75) is 92.3 Å². The fraction of sp³-hybridized carbons (Fsp3) is 0.769. The summed E-state index contributed by atoms with van der Waals surface area (Å²) < 4.78 is 12.0. The largest absolute Gasteiger partial charge is 0.489 e. The van der Waals surface area contributed by atoms with Crippen molar-refractivity contribution in [1.29, 1.82) is 0 Å². The van der Waals surface area contributed by atoms with E-state index in [1.165, 1.54) is 7.11 Å². The first-order valence-corrected chi connectivity index (χ1v) is 11.7. The molecule has 172 valence electrons. The maximum absolute atomic E-state index is 13.2. The van der Waals surface area contributed by atoms with Crippen LogP contribution in [0.2, 0.25) is 0 Å². The van der Waals surface area contributed by atoms with Gasteiger partial charge in [0.2, 0.25) is 0 Å². The third kappa shape index (κ3) is 2.59. The number of hydrogen-bond acceptors (Lipinski definition) is 5. The van der Waals surface area contributed by atoms with Crippen LogP contribution >= 0.6 is 0 Å². The van der Waals surface area contributed by atoms with Gasteiger partial charge in [-0.1, -0.05) is 27.7 Å². The number of hydrogen-bond donors (Lipinski definition) is 1. The van der Waals surface area contributed by atoms with Crippen LogP contribution in [-0.2, 0) is 19.1 Å². The summed E-state index contributed by atoms with van der Waals surface area (Å²) >= 11 is 0. The highest BCUT2D eigenvalue weighted by atomic mass is 16.5. The van der Waals surface area contributed by atoms with E-state index >= 15 is 0 Å². The van der Waals surface area contributed by atoms with Crippen LogP contribution in [0.15, 0.2) is 22.5 Å². The zero-order chi connectivity index (χ0) is 23.1. The Bertz CT molecular complexity index is 911. The van der Waals surface area contributed by atoms with Crippen molar-refractivity contribution in [2.24, 2.45) is 28.1 Å². The van der Waals surface area contributed by atoms with Crippen molar-refractivity contribution in [3.05, 3.63) is 22.5 Å². The molecule has 1 heterocycles. The molecule has 6 atom stereocenters. The van der Waals surface area contributed by atoms with Crippen molar-refractivity contribution in [3.8, 4) is 0 Å². The minimum Gasteiger partial charge on any atom is -0.489 e. The van der Waals surface area contributed by atoms with Gasteiger partial charge in [0.05, 0.1) is 18.6 Å². The molecule has 0 aromatic carbocycles. The van der Waals surface area contributed by atoms with Gasteiger partial charge in [0.25, 0.3) is 0 Å². The van der Waals surface area contributed by atoms with Crippen LogP contribution in [0.1, 0.15) is 80.6 Å². The maximum Gasteiger partial charge on any atom is 0.341 e. The van der Waals surface area contributed by atoms with Gasteiger partial charge in [0, 0.05) is 17.4 Å². The van der Waals surface area contributed by atoms with E-state index in [4.69, 9.17) is 9.47 Å². The normalized spacial score (nSPS) is 44.2. The minimum absolute atomic E-state index is 0.129. The van der Waals surface area contributed by atoms with Gasteiger partial charge in [-0.25, -0.2) is 4.79 Å². The molecule has 31 heavy (non-hydrogen) atoms. The number of aliphatic hydroxyl groups is 1. The molecule has 5 heteroatoms.